The molecule has 178 valence electrons. The van der Waals surface area contributed by atoms with Gasteiger partial charge in [-0.05, 0) is 43.8 Å². The molecule has 1 atom stereocenters. The lowest BCUT2D eigenvalue weighted by atomic mass is 10.2. The zero-order valence-corrected chi connectivity index (χ0v) is 20.4. The fourth-order valence-corrected chi connectivity index (χ4v) is 4.48. The average Bonchev–Trinajstić information content (AvgIpc) is 2.84. The average molecular weight is 478 g/mol. The molecular weight excluding hydrogens is 446 g/mol. The van der Waals surface area contributed by atoms with E-state index in [0.29, 0.717) is 6.61 Å². The second kappa shape index (κ2) is 11.4. The van der Waals surface area contributed by atoms with Crippen LogP contribution in [0.3, 0.4) is 0 Å². The predicted molar refractivity (Wildman–Crippen MR) is 138 cm³/mol. The number of aromatic nitrogens is 1. The number of carbonyl (C=O) groups is 1. The number of hydrogen-bond donors (Lipinski definition) is 2. The van der Waals surface area contributed by atoms with E-state index in [-0.39, 0.29) is 5.91 Å². The summed E-state index contributed by atoms with van der Waals surface area (Å²) in [7, 11) is 2.14. The minimum Gasteiger partial charge on any atom is -0.485 e. The van der Waals surface area contributed by atoms with Crippen LogP contribution in [0.15, 0.2) is 76.7 Å². The van der Waals surface area contributed by atoms with Crippen molar-refractivity contribution in [3.8, 4) is 5.75 Å². The molecule has 8 heteroatoms. The van der Waals surface area contributed by atoms with Crippen molar-refractivity contribution in [1.82, 2.24) is 9.88 Å². The third-order valence-electron chi connectivity index (χ3n) is 5.60. The summed E-state index contributed by atoms with van der Waals surface area (Å²) >= 11 is 1.58. The van der Waals surface area contributed by atoms with Crippen LogP contribution in [0, 0.1) is 0 Å². The van der Waals surface area contributed by atoms with Crippen molar-refractivity contribution in [3.05, 3.63) is 72.4 Å². The van der Waals surface area contributed by atoms with E-state index < -0.39 is 6.04 Å². The fraction of sp³-hybridized carbons (Fsp3) is 0.308. The van der Waals surface area contributed by atoms with Gasteiger partial charge in [-0.2, -0.15) is 0 Å². The van der Waals surface area contributed by atoms with Crippen LogP contribution in [-0.2, 0) is 11.4 Å². The Hall–Kier alpha value is -3.07. The Balaban J connectivity index is 1.54. The first kappa shape index (κ1) is 24.1. The van der Waals surface area contributed by atoms with Crippen molar-refractivity contribution in [2.45, 2.75) is 29.4 Å². The van der Waals surface area contributed by atoms with E-state index in [1.807, 2.05) is 48.7 Å². The van der Waals surface area contributed by atoms with E-state index in [1.165, 1.54) is 0 Å². The molecule has 1 amide bonds. The van der Waals surface area contributed by atoms with Crippen molar-refractivity contribution in [2.24, 2.45) is 5.73 Å². The zero-order valence-electron chi connectivity index (χ0n) is 19.6. The molecule has 1 aliphatic heterocycles. The molecule has 7 nitrogen and oxygen atoms in total. The second-order valence-corrected chi connectivity index (χ2v) is 9.61. The summed E-state index contributed by atoms with van der Waals surface area (Å²) in [6.07, 6.45) is 1.89. The molecule has 34 heavy (non-hydrogen) atoms. The van der Waals surface area contributed by atoms with Crippen LogP contribution in [0.25, 0.3) is 0 Å². The van der Waals surface area contributed by atoms with Gasteiger partial charge in [-0.3, -0.25) is 4.79 Å². The Morgan fingerprint density at radius 2 is 1.85 bits per heavy atom. The minimum atomic E-state index is -0.563. The molecule has 2 aromatic carbocycles. The second-order valence-electron chi connectivity index (χ2n) is 8.47. The summed E-state index contributed by atoms with van der Waals surface area (Å²) < 4.78 is 6.28. The summed E-state index contributed by atoms with van der Waals surface area (Å²) in [6.45, 7) is 5.97. The number of piperazine rings is 1. The highest BCUT2D eigenvalue weighted by molar-refractivity contribution is 7.99. The van der Waals surface area contributed by atoms with Gasteiger partial charge in [0.15, 0.2) is 11.6 Å². The Labute approximate surface area is 205 Å². The Bertz CT molecular complexity index is 1100. The quantitative estimate of drug-likeness (QED) is 0.510. The van der Waals surface area contributed by atoms with Gasteiger partial charge >= 0.3 is 0 Å². The summed E-state index contributed by atoms with van der Waals surface area (Å²) in [5.74, 6) is 1.45. The van der Waals surface area contributed by atoms with Gasteiger partial charge in [0.25, 0.3) is 0 Å². The summed E-state index contributed by atoms with van der Waals surface area (Å²) in [5, 5.41) is 2.84. The highest BCUT2D eigenvalue weighted by atomic mass is 32.2. The highest BCUT2D eigenvalue weighted by Crippen LogP contribution is 2.35. The molecule has 0 aliphatic carbocycles. The predicted octanol–water partition coefficient (Wildman–Crippen LogP) is 3.85. The van der Waals surface area contributed by atoms with Crippen molar-refractivity contribution < 1.29 is 9.53 Å². The van der Waals surface area contributed by atoms with Gasteiger partial charge in [0, 0.05) is 47.9 Å². The maximum atomic E-state index is 11.9. The molecule has 4 rings (SSSR count). The van der Waals surface area contributed by atoms with Crippen LogP contribution in [0.5, 0.6) is 5.75 Å². The van der Waals surface area contributed by atoms with Crippen molar-refractivity contribution >= 4 is 29.2 Å². The van der Waals surface area contributed by atoms with E-state index in [2.05, 4.69) is 40.4 Å². The molecule has 1 aliphatic rings. The lowest BCUT2D eigenvalue weighted by Crippen LogP contribution is -2.45. The Kier molecular flexibility index (Phi) is 8.05. The molecule has 0 saturated carbocycles. The standard InChI is InChI=1S/C26H31N5O2S/c1-19(27)26(32)29-21-9-6-10-22(15-21)34-23-16-24(33-18-20-7-4-3-5-8-20)25(28-17-23)31-13-11-30(2)12-14-31/h3-10,15-17,19H,11-14,18,27H2,1-2H3,(H,29,32). The largest absolute Gasteiger partial charge is 0.485 e. The number of pyridine rings is 1. The first-order valence-electron chi connectivity index (χ1n) is 11.4. The minimum absolute atomic E-state index is 0.211. The highest BCUT2D eigenvalue weighted by Gasteiger charge is 2.20. The van der Waals surface area contributed by atoms with Crippen LogP contribution in [0.2, 0.25) is 0 Å². The zero-order chi connectivity index (χ0) is 23.9. The summed E-state index contributed by atoms with van der Waals surface area (Å²) in [5.41, 5.74) is 7.50. The molecule has 0 radical (unpaired) electrons. The number of hydrogen-bond acceptors (Lipinski definition) is 7. The third kappa shape index (κ3) is 6.50. The number of nitrogens with zero attached hydrogens (tertiary/aromatic N) is 3. The molecule has 0 bridgehead atoms. The topological polar surface area (TPSA) is 83.7 Å². The van der Waals surface area contributed by atoms with Gasteiger partial charge in [-0.1, -0.05) is 48.2 Å². The SMILES string of the molecule is CC(N)C(=O)Nc1cccc(Sc2cnc(N3CCN(C)CC3)c(OCc3ccccc3)c2)c1. The summed E-state index contributed by atoms with van der Waals surface area (Å²) in [4.78, 5) is 23.3. The lowest BCUT2D eigenvalue weighted by Gasteiger charge is -2.34. The van der Waals surface area contributed by atoms with Gasteiger partial charge in [-0.15, -0.1) is 0 Å². The van der Waals surface area contributed by atoms with E-state index in [4.69, 9.17) is 15.5 Å². The van der Waals surface area contributed by atoms with E-state index in [1.54, 1.807) is 18.7 Å². The molecule has 1 aromatic heterocycles. The van der Waals surface area contributed by atoms with E-state index >= 15 is 0 Å². The first-order chi connectivity index (χ1) is 16.5. The van der Waals surface area contributed by atoms with Crippen molar-refractivity contribution in [3.63, 3.8) is 0 Å². The monoisotopic (exact) mass is 477 g/mol. The van der Waals surface area contributed by atoms with Crippen LogP contribution in [0.1, 0.15) is 12.5 Å². The molecule has 3 aromatic rings. The van der Waals surface area contributed by atoms with Crippen LogP contribution < -0.4 is 20.7 Å². The molecular formula is C26H31N5O2S. The maximum Gasteiger partial charge on any atom is 0.240 e. The number of anilines is 2. The van der Waals surface area contributed by atoms with Crippen LogP contribution in [0.4, 0.5) is 11.5 Å². The van der Waals surface area contributed by atoms with Crippen molar-refractivity contribution in [1.29, 1.82) is 0 Å². The summed E-state index contributed by atoms with van der Waals surface area (Å²) in [6, 6.07) is 19.4. The fourth-order valence-electron chi connectivity index (χ4n) is 3.60. The van der Waals surface area contributed by atoms with Crippen LogP contribution >= 0.6 is 11.8 Å². The third-order valence-corrected chi connectivity index (χ3v) is 6.55. The van der Waals surface area contributed by atoms with E-state index in [9.17, 15) is 4.79 Å². The number of carbonyl (C=O) groups excluding carboxylic acids is 1. The number of nitrogens with two attached hydrogens (primary N) is 1. The molecule has 1 unspecified atom stereocenters. The van der Waals surface area contributed by atoms with Crippen LogP contribution in [-0.4, -0.2) is 55.1 Å². The van der Waals surface area contributed by atoms with Gasteiger partial charge in [0.05, 0.1) is 6.04 Å². The van der Waals surface area contributed by atoms with E-state index in [0.717, 1.165) is 58.8 Å². The maximum absolute atomic E-state index is 11.9. The van der Waals surface area contributed by atoms with Gasteiger partial charge in [-0.25, -0.2) is 4.98 Å². The number of amides is 1. The normalized spacial score (nSPS) is 15.1. The van der Waals surface area contributed by atoms with Gasteiger partial charge < -0.3 is 25.6 Å². The molecule has 2 heterocycles. The smallest absolute Gasteiger partial charge is 0.240 e. The Morgan fingerprint density at radius 1 is 1.09 bits per heavy atom. The van der Waals surface area contributed by atoms with Gasteiger partial charge in [0.1, 0.15) is 6.61 Å². The number of rotatable bonds is 8. The van der Waals surface area contributed by atoms with Crippen molar-refractivity contribution in [2.75, 3.05) is 43.4 Å². The molecule has 0 spiro atoms. The number of likely N-dealkylation sites (N-methyl/N-ethyl adjacent to an activating group) is 1. The Morgan fingerprint density at radius 3 is 2.59 bits per heavy atom. The first-order valence-corrected chi connectivity index (χ1v) is 12.2. The van der Waals surface area contributed by atoms with Gasteiger partial charge in [0.2, 0.25) is 5.91 Å². The molecule has 1 saturated heterocycles. The number of benzene rings is 2. The molecule has 1 fully saturated rings. The number of ether oxygens (including phenoxy) is 1. The number of nitrogens with one attached hydrogen (secondary N) is 1. The molecule has 3 N–H and O–H groups in total. The lowest BCUT2D eigenvalue weighted by molar-refractivity contribution is -0.117.